The SMILES string of the molecule is CCN(CC)CCN1C(=O)C(O)=C(C(=O)C(C)C)C1c1ccc(Cl)cc1. The van der Waals surface area contributed by atoms with Crippen LogP contribution in [0.4, 0.5) is 0 Å². The van der Waals surface area contributed by atoms with Gasteiger partial charge in [-0.1, -0.05) is 51.4 Å². The van der Waals surface area contributed by atoms with Gasteiger partial charge in [0, 0.05) is 24.0 Å². The summed E-state index contributed by atoms with van der Waals surface area (Å²) in [5, 5.41) is 11.0. The Kier molecular flexibility index (Phi) is 6.84. The third-order valence-corrected chi connectivity index (χ3v) is 5.08. The minimum absolute atomic E-state index is 0.187. The summed E-state index contributed by atoms with van der Waals surface area (Å²) in [6, 6.07) is 6.49. The summed E-state index contributed by atoms with van der Waals surface area (Å²) in [5.74, 6) is -1.43. The summed E-state index contributed by atoms with van der Waals surface area (Å²) >= 11 is 5.99. The van der Waals surface area contributed by atoms with Crippen molar-refractivity contribution in [2.75, 3.05) is 26.2 Å². The van der Waals surface area contributed by atoms with Gasteiger partial charge in [0.2, 0.25) is 0 Å². The van der Waals surface area contributed by atoms with Crippen molar-refractivity contribution in [2.45, 2.75) is 33.7 Å². The number of Topliss-reactive ketones (excluding diaryl/α,β-unsaturated/α-hetero) is 1. The Balaban J connectivity index is 2.42. The number of benzene rings is 1. The molecular formula is C20H27ClN2O3. The van der Waals surface area contributed by atoms with Gasteiger partial charge in [-0.3, -0.25) is 9.59 Å². The molecule has 1 N–H and O–H groups in total. The van der Waals surface area contributed by atoms with Crippen LogP contribution in [0.15, 0.2) is 35.6 Å². The molecule has 0 fully saturated rings. The molecule has 1 atom stereocenters. The van der Waals surface area contributed by atoms with Crippen LogP contribution in [0, 0.1) is 5.92 Å². The second kappa shape index (κ2) is 8.69. The topological polar surface area (TPSA) is 60.9 Å². The summed E-state index contributed by atoms with van der Waals surface area (Å²) in [7, 11) is 0. The van der Waals surface area contributed by atoms with Gasteiger partial charge in [0.15, 0.2) is 11.5 Å². The highest BCUT2D eigenvalue weighted by atomic mass is 35.5. The molecule has 5 nitrogen and oxygen atoms in total. The molecule has 1 heterocycles. The van der Waals surface area contributed by atoms with Gasteiger partial charge in [0.1, 0.15) is 0 Å². The lowest BCUT2D eigenvalue weighted by Crippen LogP contribution is -2.38. The predicted octanol–water partition coefficient (Wildman–Crippen LogP) is 3.60. The minimum Gasteiger partial charge on any atom is -0.503 e. The van der Waals surface area contributed by atoms with Crippen molar-refractivity contribution in [3.63, 3.8) is 0 Å². The van der Waals surface area contributed by atoms with Crippen molar-refractivity contribution in [3.8, 4) is 0 Å². The van der Waals surface area contributed by atoms with Crippen LogP contribution >= 0.6 is 11.6 Å². The molecule has 0 saturated carbocycles. The first-order chi connectivity index (χ1) is 12.3. The molecule has 1 aromatic carbocycles. The van der Waals surface area contributed by atoms with E-state index in [1.54, 1.807) is 43.0 Å². The van der Waals surface area contributed by atoms with Crippen LogP contribution in [-0.4, -0.2) is 52.8 Å². The highest BCUT2D eigenvalue weighted by Gasteiger charge is 2.43. The standard InChI is InChI=1S/C20H27ClN2O3/c1-5-22(6-2)11-12-23-17(14-7-9-15(21)10-8-14)16(18(24)13(3)4)19(25)20(23)26/h7-10,13,17,25H,5-6,11-12H2,1-4H3. The quantitative estimate of drug-likeness (QED) is 0.750. The lowest BCUT2D eigenvalue weighted by Gasteiger charge is -2.29. The van der Waals surface area contributed by atoms with Gasteiger partial charge in [-0.15, -0.1) is 0 Å². The van der Waals surface area contributed by atoms with E-state index in [4.69, 9.17) is 11.6 Å². The van der Waals surface area contributed by atoms with Crippen molar-refractivity contribution in [3.05, 3.63) is 46.2 Å². The number of rotatable bonds is 8. The predicted molar refractivity (Wildman–Crippen MR) is 103 cm³/mol. The van der Waals surface area contributed by atoms with Gasteiger partial charge in [0.25, 0.3) is 5.91 Å². The largest absolute Gasteiger partial charge is 0.503 e. The molecule has 0 spiro atoms. The average Bonchev–Trinajstić information content (AvgIpc) is 2.87. The molecule has 0 bridgehead atoms. The van der Waals surface area contributed by atoms with Gasteiger partial charge in [-0.05, 0) is 30.8 Å². The zero-order valence-electron chi connectivity index (χ0n) is 15.8. The summed E-state index contributed by atoms with van der Waals surface area (Å²) in [6.45, 7) is 10.5. The van der Waals surface area contributed by atoms with E-state index in [0.29, 0.717) is 18.1 Å². The number of aliphatic hydroxyl groups excluding tert-OH is 1. The van der Waals surface area contributed by atoms with Gasteiger partial charge in [-0.25, -0.2) is 0 Å². The van der Waals surface area contributed by atoms with Crippen LogP contribution in [-0.2, 0) is 9.59 Å². The zero-order chi connectivity index (χ0) is 19.4. The van der Waals surface area contributed by atoms with Crippen LogP contribution in [0.25, 0.3) is 0 Å². The first-order valence-corrected chi connectivity index (χ1v) is 9.45. The van der Waals surface area contributed by atoms with Crippen molar-refractivity contribution >= 4 is 23.3 Å². The smallest absolute Gasteiger partial charge is 0.290 e. The van der Waals surface area contributed by atoms with E-state index in [1.165, 1.54) is 0 Å². The highest BCUT2D eigenvalue weighted by Crippen LogP contribution is 2.38. The Labute approximate surface area is 160 Å². The molecule has 1 aromatic rings. The van der Waals surface area contributed by atoms with Crippen molar-refractivity contribution in [1.29, 1.82) is 0 Å². The van der Waals surface area contributed by atoms with E-state index in [2.05, 4.69) is 18.7 Å². The van der Waals surface area contributed by atoms with Crippen LogP contribution < -0.4 is 0 Å². The number of ketones is 1. The van der Waals surface area contributed by atoms with E-state index < -0.39 is 17.7 Å². The molecule has 0 aromatic heterocycles. The fraction of sp³-hybridized carbons (Fsp3) is 0.500. The number of amides is 1. The molecule has 1 aliphatic heterocycles. The maximum absolute atomic E-state index is 12.7. The van der Waals surface area contributed by atoms with Crippen molar-refractivity contribution in [2.24, 2.45) is 5.92 Å². The Bertz CT molecular complexity index is 694. The van der Waals surface area contributed by atoms with Crippen molar-refractivity contribution in [1.82, 2.24) is 9.80 Å². The molecule has 0 saturated heterocycles. The third kappa shape index (κ3) is 4.10. The second-order valence-electron chi connectivity index (χ2n) is 6.76. The van der Waals surface area contributed by atoms with Gasteiger partial charge < -0.3 is 14.9 Å². The van der Waals surface area contributed by atoms with Crippen LogP contribution in [0.3, 0.4) is 0 Å². The third-order valence-electron chi connectivity index (χ3n) is 4.83. The molecular weight excluding hydrogens is 352 g/mol. The summed E-state index contributed by atoms with van der Waals surface area (Å²) in [5.41, 5.74) is 0.960. The van der Waals surface area contributed by atoms with E-state index >= 15 is 0 Å². The Morgan fingerprint density at radius 2 is 1.81 bits per heavy atom. The number of aliphatic hydroxyl groups is 1. The van der Waals surface area contributed by atoms with E-state index in [1.807, 2.05) is 0 Å². The maximum Gasteiger partial charge on any atom is 0.290 e. The van der Waals surface area contributed by atoms with Gasteiger partial charge in [0.05, 0.1) is 11.6 Å². The molecule has 6 heteroatoms. The number of carbonyl (C=O) groups excluding carboxylic acids is 2. The fourth-order valence-corrected chi connectivity index (χ4v) is 3.35. The van der Waals surface area contributed by atoms with Gasteiger partial charge in [-0.2, -0.15) is 0 Å². The number of likely N-dealkylation sites (N-methyl/N-ethyl adjacent to an activating group) is 1. The zero-order valence-corrected chi connectivity index (χ0v) is 16.6. The Morgan fingerprint density at radius 1 is 1.23 bits per heavy atom. The lowest BCUT2D eigenvalue weighted by atomic mass is 9.91. The van der Waals surface area contributed by atoms with E-state index in [0.717, 1.165) is 18.7 Å². The van der Waals surface area contributed by atoms with Crippen molar-refractivity contribution < 1.29 is 14.7 Å². The summed E-state index contributed by atoms with van der Waals surface area (Å²) in [4.78, 5) is 29.2. The first-order valence-electron chi connectivity index (χ1n) is 9.07. The van der Waals surface area contributed by atoms with E-state index in [9.17, 15) is 14.7 Å². The van der Waals surface area contributed by atoms with Crippen LogP contribution in [0.1, 0.15) is 39.3 Å². The molecule has 1 unspecified atom stereocenters. The number of carbonyl (C=O) groups is 2. The molecule has 1 aliphatic rings. The molecule has 26 heavy (non-hydrogen) atoms. The second-order valence-corrected chi connectivity index (χ2v) is 7.20. The molecule has 142 valence electrons. The highest BCUT2D eigenvalue weighted by molar-refractivity contribution is 6.30. The molecule has 0 radical (unpaired) electrons. The van der Waals surface area contributed by atoms with Crippen LogP contribution in [0.2, 0.25) is 5.02 Å². The van der Waals surface area contributed by atoms with Crippen LogP contribution in [0.5, 0.6) is 0 Å². The maximum atomic E-state index is 12.7. The summed E-state index contributed by atoms with van der Waals surface area (Å²) < 4.78 is 0. The number of hydrogen-bond acceptors (Lipinski definition) is 4. The Morgan fingerprint density at radius 3 is 2.31 bits per heavy atom. The monoisotopic (exact) mass is 378 g/mol. The molecule has 0 aliphatic carbocycles. The number of hydrogen-bond donors (Lipinski definition) is 1. The number of nitrogens with zero attached hydrogens (tertiary/aromatic N) is 2. The summed E-state index contributed by atoms with van der Waals surface area (Å²) in [6.07, 6.45) is 0. The first kappa shape index (κ1) is 20.5. The molecule has 1 amide bonds. The fourth-order valence-electron chi connectivity index (χ4n) is 3.23. The minimum atomic E-state index is -0.578. The van der Waals surface area contributed by atoms with Gasteiger partial charge >= 0.3 is 0 Å². The lowest BCUT2D eigenvalue weighted by molar-refractivity contribution is -0.129. The Hall–Kier alpha value is -1.85. The number of halogens is 1. The molecule has 2 rings (SSSR count). The van der Waals surface area contributed by atoms with E-state index in [-0.39, 0.29) is 17.3 Å². The average molecular weight is 379 g/mol. The normalized spacial score (nSPS) is 17.7.